The highest BCUT2D eigenvalue weighted by molar-refractivity contribution is 7.99. The normalized spacial score (nSPS) is 12.1. The molecule has 0 aliphatic carbocycles. The molecule has 158 valence electrons. The molecule has 0 radical (unpaired) electrons. The molecule has 3 rings (SSSR count). The number of nitrogens with zero attached hydrogens (tertiary/aromatic N) is 2. The Morgan fingerprint density at radius 3 is 2.77 bits per heavy atom. The first-order chi connectivity index (χ1) is 14.4. The fraction of sp³-hybridized carbons (Fsp3) is 0.348. The number of H-pyrrole nitrogens is 1. The van der Waals surface area contributed by atoms with E-state index in [-0.39, 0.29) is 16.7 Å². The Bertz CT molecular complexity index is 1090. The van der Waals surface area contributed by atoms with Gasteiger partial charge in [0.25, 0.3) is 5.56 Å². The van der Waals surface area contributed by atoms with Crippen molar-refractivity contribution in [1.82, 2.24) is 14.9 Å². The molecule has 30 heavy (non-hydrogen) atoms. The van der Waals surface area contributed by atoms with Gasteiger partial charge in [0.2, 0.25) is 5.91 Å². The van der Waals surface area contributed by atoms with Gasteiger partial charge in [0.05, 0.1) is 16.4 Å². The Balaban J connectivity index is 1.64. The highest BCUT2D eigenvalue weighted by atomic mass is 32.2. The first-order valence-corrected chi connectivity index (χ1v) is 11.8. The monoisotopic (exact) mass is 441 g/mol. The summed E-state index contributed by atoms with van der Waals surface area (Å²) in [6.07, 6.45) is 2.56. The third-order valence-electron chi connectivity index (χ3n) is 5.08. The van der Waals surface area contributed by atoms with E-state index in [9.17, 15) is 9.59 Å². The Labute approximate surface area is 185 Å². The van der Waals surface area contributed by atoms with Crippen LogP contribution in [0.1, 0.15) is 28.8 Å². The standard InChI is InChI=1S/C23H27N3O2S2/c1-5-12-26(13-11-18-9-7-6-8-10-18)23(28)17(4)29-14-19-24-21(27)20-15(2)16(3)30-22(20)25-19/h5-10,17H,1,11-14H2,2-4H3,(H,24,25,27). The van der Waals surface area contributed by atoms with E-state index in [0.29, 0.717) is 30.1 Å². The van der Waals surface area contributed by atoms with E-state index in [1.165, 1.54) is 28.7 Å². The third kappa shape index (κ3) is 5.21. The summed E-state index contributed by atoms with van der Waals surface area (Å²) >= 11 is 3.03. The summed E-state index contributed by atoms with van der Waals surface area (Å²) in [6, 6.07) is 10.1. The van der Waals surface area contributed by atoms with Crippen molar-refractivity contribution in [2.24, 2.45) is 0 Å². The molecule has 1 N–H and O–H groups in total. The molecule has 1 unspecified atom stereocenters. The summed E-state index contributed by atoms with van der Waals surface area (Å²) in [5, 5.41) is 0.432. The van der Waals surface area contributed by atoms with Gasteiger partial charge in [-0.2, -0.15) is 0 Å². The molecular weight excluding hydrogens is 414 g/mol. The number of aromatic amines is 1. The lowest BCUT2D eigenvalue weighted by Crippen LogP contribution is -2.38. The van der Waals surface area contributed by atoms with Gasteiger partial charge >= 0.3 is 0 Å². The molecule has 2 heterocycles. The lowest BCUT2D eigenvalue weighted by atomic mass is 10.1. The Morgan fingerprint density at radius 2 is 2.07 bits per heavy atom. The van der Waals surface area contributed by atoms with Crippen molar-refractivity contribution in [2.75, 3.05) is 13.1 Å². The summed E-state index contributed by atoms with van der Waals surface area (Å²) in [6.45, 7) is 10.8. The predicted octanol–water partition coefficient (Wildman–Crippen LogP) is 4.48. The summed E-state index contributed by atoms with van der Waals surface area (Å²) in [5.74, 6) is 1.16. The maximum Gasteiger partial charge on any atom is 0.259 e. The van der Waals surface area contributed by atoms with Crippen LogP contribution in [-0.2, 0) is 17.0 Å². The van der Waals surface area contributed by atoms with E-state index in [1.54, 1.807) is 6.08 Å². The zero-order chi connectivity index (χ0) is 21.7. The molecule has 0 saturated carbocycles. The number of fused-ring (bicyclic) bond motifs is 1. The number of hydrogen-bond donors (Lipinski definition) is 1. The number of carbonyl (C=O) groups excluding carboxylic acids is 1. The zero-order valence-electron chi connectivity index (χ0n) is 17.6. The molecule has 0 aliphatic rings. The molecule has 1 amide bonds. The Kier molecular flexibility index (Phi) is 7.50. The second kappa shape index (κ2) is 10.1. The maximum absolute atomic E-state index is 13.0. The van der Waals surface area contributed by atoms with Crippen molar-refractivity contribution in [3.63, 3.8) is 0 Å². The van der Waals surface area contributed by atoms with Gasteiger partial charge in [-0.3, -0.25) is 9.59 Å². The van der Waals surface area contributed by atoms with Gasteiger partial charge < -0.3 is 9.88 Å². The zero-order valence-corrected chi connectivity index (χ0v) is 19.2. The fourth-order valence-electron chi connectivity index (χ4n) is 3.26. The average molecular weight is 442 g/mol. The lowest BCUT2D eigenvalue weighted by Gasteiger charge is -2.24. The van der Waals surface area contributed by atoms with Crippen LogP contribution >= 0.6 is 23.1 Å². The molecule has 3 aromatic rings. The molecule has 1 aromatic carbocycles. The number of thiophene rings is 1. The van der Waals surface area contributed by atoms with Crippen molar-refractivity contribution >= 4 is 39.2 Å². The summed E-state index contributed by atoms with van der Waals surface area (Å²) in [4.78, 5) is 36.6. The maximum atomic E-state index is 13.0. The number of thioether (sulfide) groups is 1. The summed E-state index contributed by atoms with van der Waals surface area (Å²) < 4.78 is 0. The topological polar surface area (TPSA) is 66.1 Å². The van der Waals surface area contributed by atoms with Gasteiger partial charge in [0.15, 0.2) is 0 Å². The fourth-order valence-corrected chi connectivity index (χ4v) is 5.14. The molecule has 0 bridgehead atoms. The lowest BCUT2D eigenvalue weighted by molar-refractivity contribution is -0.129. The third-order valence-corrected chi connectivity index (χ3v) is 7.32. The molecule has 5 nitrogen and oxygen atoms in total. The molecule has 1 atom stereocenters. The second-order valence-electron chi connectivity index (χ2n) is 7.24. The number of amides is 1. The van der Waals surface area contributed by atoms with E-state index < -0.39 is 0 Å². The summed E-state index contributed by atoms with van der Waals surface area (Å²) in [7, 11) is 0. The van der Waals surface area contributed by atoms with Crippen molar-refractivity contribution in [2.45, 2.75) is 38.2 Å². The Morgan fingerprint density at radius 1 is 1.33 bits per heavy atom. The SMILES string of the molecule is C=CCN(CCc1ccccc1)C(=O)C(C)SCc1nc2sc(C)c(C)c2c(=O)[nH]1. The van der Waals surface area contributed by atoms with Gasteiger partial charge in [-0.05, 0) is 38.3 Å². The average Bonchev–Trinajstić information content (AvgIpc) is 3.03. The van der Waals surface area contributed by atoms with Crippen LogP contribution < -0.4 is 5.56 Å². The molecule has 7 heteroatoms. The largest absolute Gasteiger partial charge is 0.338 e. The van der Waals surface area contributed by atoms with E-state index in [4.69, 9.17) is 0 Å². The molecular formula is C23H27N3O2S2. The number of hydrogen-bond acceptors (Lipinski definition) is 5. The quantitative estimate of drug-likeness (QED) is 0.497. The van der Waals surface area contributed by atoms with Crippen LogP contribution in [0.4, 0.5) is 0 Å². The number of rotatable bonds is 9. The van der Waals surface area contributed by atoms with E-state index in [0.717, 1.165) is 21.7 Å². The molecule has 0 fully saturated rings. The van der Waals surface area contributed by atoms with Crippen LogP contribution in [0, 0.1) is 13.8 Å². The molecule has 0 saturated heterocycles. The van der Waals surface area contributed by atoms with Crippen LogP contribution in [0.5, 0.6) is 0 Å². The minimum absolute atomic E-state index is 0.0714. The van der Waals surface area contributed by atoms with Gasteiger partial charge in [-0.25, -0.2) is 4.98 Å². The highest BCUT2D eigenvalue weighted by Gasteiger charge is 2.21. The predicted molar refractivity (Wildman–Crippen MR) is 127 cm³/mol. The van der Waals surface area contributed by atoms with Gasteiger partial charge in [0, 0.05) is 18.0 Å². The number of aromatic nitrogens is 2. The number of aryl methyl sites for hydroxylation is 2. The van der Waals surface area contributed by atoms with Crippen LogP contribution in [-0.4, -0.2) is 39.1 Å². The number of nitrogens with one attached hydrogen (secondary N) is 1. The van der Waals surface area contributed by atoms with Crippen LogP contribution in [0.15, 0.2) is 47.8 Å². The number of carbonyl (C=O) groups is 1. The van der Waals surface area contributed by atoms with Crippen molar-refractivity contribution in [3.05, 3.63) is 75.2 Å². The number of benzene rings is 1. The van der Waals surface area contributed by atoms with Gasteiger partial charge in [-0.1, -0.05) is 36.4 Å². The summed E-state index contributed by atoms with van der Waals surface area (Å²) in [5.41, 5.74) is 2.09. The molecule has 0 aliphatic heterocycles. The van der Waals surface area contributed by atoms with Crippen molar-refractivity contribution in [1.29, 1.82) is 0 Å². The van der Waals surface area contributed by atoms with Crippen molar-refractivity contribution in [3.8, 4) is 0 Å². The smallest absolute Gasteiger partial charge is 0.259 e. The minimum atomic E-state index is -0.242. The first-order valence-electron chi connectivity index (χ1n) is 9.94. The second-order valence-corrected chi connectivity index (χ2v) is 9.77. The van der Waals surface area contributed by atoms with Crippen LogP contribution in [0.3, 0.4) is 0 Å². The van der Waals surface area contributed by atoms with Crippen molar-refractivity contribution < 1.29 is 4.79 Å². The van der Waals surface area contributed by atoms with Crippen LogP contribution in [0.25, 0.3) is 10.2 Å². The van der Waals surface area contributed by atoms with E-state index in [2.05, 4.69) is 28.7 Å². The highest BCUT2D eigenvalue weighted by Crippen LogP contribution is 2.26. The van der Waals surface area contributed by atoms with E-state index in [1.807, 2.05) is 43.9 Å². The van der Waals surface area contributed by atoms with Crippen LogP contribution in [0.2, 0.25) is 0 Å². The van der Waals surface area contributed by atoms with Gasteiger partial charge in [-0.15, -0.1) is 29.7 Å². The molecule has 2 aromatic heterocycles. The molecule has 0 spiro atoms. The first kappa shape index (κ1) is 22.3. The minimum Gasteiger partial charge on any atom is -0.338 e. The Hall–Kier alpha value is -2.38. The van der Waals surface area contributed by atoms with Gasteiger partial charge in [0.1, 0.15) is 10.7 Å². The van der Waals surface area contributed by atoms with E-state index >= 15 is 0 Å².